The van der Waals surface area contributed by atoms with E-state index in [2.05, 4.69) is 32.2 Å². The van der Waals surface area contributed by atoms with Crippen LogP contribution in [0.4, 0.5) is 11.5 Å². The number of nitrogens with zero attached hydrogens (tertiary/aromatic N) is 4. The second kappa shape index (κ2) is 9.44. The third-order valence-electron chi connectivity index (χ3n) is 5.88. The Labute approximate surface area is 187 Å². The number of carbonyl (C=O) groups is 1. The van der Waals surface area contributed by atoms with E-state index in [1.807, 2.05) is 30.3 Å². The number of ether oxygens (including phenoxy) is 2. The van der Waals surface area contributed by atoms with Crippen molar-refractivity contribution >= 4 is 28.4 Å². The smallest absolute Gasteiger partial charge is 0.222 e. The highest BCUT2D eigenvalue weighted by atomic mass is 16.5. The maximum absolute atomic E-state index is 12.7. The van der Waals surface area contributed by atoms with Crippen LogP contribution in [-0.4, -0.2) is 72.1 Å². The van der Waals surface area contributed by atoms with E-state index in [1.54, 1.807) is 20.5 Å². The molecule has 2 aromatic heterocycles. The van der Waals surface area contributed by atoms with Crippen molar-refractivity contribution in [2.75, 3.05) is 46.7 Å². The first kappa shape index (κ1) is 21.9. The molecule has 4 rings (SSSR count). The number of amides is 1. The van der Waals surface area contributed by atoms with Gasteiger partial charge in [-0.1, -0.05) is 0 Å². The second-order valence-corrected chi connectivity index (χ2v) is 8.16. The predicted molar refractivity (Wildman–Crippen MR) is 124 cm³/mol. The van der Waals surface area contributed by atoms with Crippen LogP contribution in [0.1, 0.15) is 24.0 Å². The number of benzene rings is 1. The monoisotopic (exact) mass is 438 g/mol. The summed E-state index contributed by atoms with van der Waals surface area (Å²) in [4.78, 5) is 28.9. The lowest BCUT2D eigenvalue weighted by Crippen LogP contribution is -2.30. The fourth-order valence-corrected chi connectivity index (χ4v) is 4.19. The van der Waals surface area contributed by atoms with Gasteiger partial charge in [0.15, 0.2) is 11.5 Å². The summed E-state index contributed by atoms with van der Waals surface area (Å²) in [5.74, 6) is 2.09. The number of H-pyrrole nitrogens is 1. The molecule has 3 heterocycles. The molecule has 9 nitrogen and oxygen atoms in total. The number of aryl methyl sites for hydroxylation is 1. The van der Waals surface area contributed by atoms with Crippen LogP contribution in [0.3, 0.4) is 0 Å². The van der Waals surface area contributed by atoms with E-state index >= 15 is 0 Å². The van der Waals surface area contributed by atoms with Crippen LogP contribution in [0.15, 0.2) is 24.7 Å². The zero-order valence-corrected chi connectivity index (χ0v) is 19.1. The van der Waals surface area contributed by atoms with Gasteiger partial charge in [-0.3, -0.25) is 4.79 Å². The number of carbonyl (C=O) groups excluding carboxylic acids is 1. The van der Waals surface area contributed by atoms with Crippen molar-refractivity contribution in [1.82, 2.24) is 24.8 Å². The highest BCUT2D eigenvalue weighted by molar-refractivity contribution is 5.92. The summed E-state index contributed by atoms with van der Waals surface area (Å²) >= 11 is 0. The van der Waals surface area contributed by atoms with Crippen LogP contribution in [0.2, 0.25) is 0 Å². The van der Waals surface area contributed by atoms with Gasteiger partial charge in [0.1, 0.15) is 17.8 Å². The molecule has 0 aliphatic carbocycles. The van der Waals surface area contributed by atoms with Crippen molar-refractivity contribution in [2.24, 2.45) is 0 Å². The van der Waals surface area contributed by atoms with Crippen LogP contribution in [0, 0.1) is 0 Å². The minimum absolute atomic E-state index is 0.115. The molecule has 32 heavy (non-hydrogen) atoms. The third-order valence-corrected chi connectivity index (χ3v) is 5.88. The van der Waals surface area contributed by atoms with E-state index in [1.165, 1.54) is 0 Å². The van der Waals surface area contributed by atoms with Gasteiger partial charge in [-0.25, -0.2) is 9.97 Å². The number of rotatable bonds is 2. The summed E-state index contributed by atoms with van der Waals surface area (Å²) in [6.07, 6.45) is 5.38. The van der Waals surface area contributed by atoms with Crippen molar-refractivity contribution < 1.29 is 14.3 Å². The Kier molecular flexibility index (Phi) is 6.45. The number of methoxy groups -OCH3 is 2. The first-order valence-electron chi connectivity index (χ1n) is 10.8. The normalized spacial score (nSPS) is 16.1. The number of anilines is 2. The standard InChI is InChI=1S/C23H30N6O3/c1-28-8-5-9-29(2)19(30)7-6-15-10-17(11-18(31-3)21(15)32-4)27-23-20-16(13-28)12-24-22(20)25-14-26-23/h10-12,14H,5-9,13H2,1-4H3,(H2,24,25,26,27). The lowest BCUT2D eigenvalue weighted by atomic mass is 10.1. The number of nitrogens with one attached hydrogen (secondary N) is 2. The Balaban J connectivity index is 1.80. The summed E-state index contributed by atoms with van der Waals surface area (Å²) in [5.41, 5.74) is 3.62. The Morgan fingerprint density at radius 3 is 2.66 bits per heavy atom. The molecule has 0 radical (unpaired) electrons. The van der Waals surface area contributed by atoms with Gasteiger partial charge in [-0.05, 0) is 38.1 Å². The van der Waals surface area contributed by atoms with E-state index in [-0.39, 0.29) is 5.91 Å². The van der Waals surface area contributed by atoms with Gasteiger partial charge >= 0.3 is 0 Å². The second-order valence-electron chi connectivity index (χ2n) is 8.16. The molecule has 0 saturated carbocycles. The molecule has 1 aliphatic rings. The molecular formula is C23H30N6O3. The third kappa shape index (κ3) is 4.47. The van der Waals surface area contributed by atoms with Crippen molar-refractivity contribution in [3.8, 4) is 11.5 Å². The van der Waals surface area contributed by atoms with Crippen LogP contribution < -0.4 is 14.8 Å². The summed E-state index contributed by atoms with van der Waals surface area (Å²) in [6, 6.07) is 3.87. The maximum Gasteiger partial charge on any atom is 0.222 e. The van der Waals surface area contributed by atoms with E-state index in [4.69, 9.17) is 9.47 Å². The largest absolute Gasteiger partial charge is 0.493 e. The van der Waals surface area contributed by atoms with Gasteiger partial charge in [-0.2, -0.15) is 0 Å². The Bertz CT molecular complexity index is 1110. The average molecular weight is 439 g/mol. The molecule has 1 amide bonds. The highest BCUT2D eigenvalue weighted by Gasteiger charge is 2.18. The molecule has 0 saturated heterocycles. The lowest BCUT2D eigenvalue weighted by Gasteiger charge is -2.22. The minimum Gasteiger partial charge on any atom is -0.493 e. The topological polar surface area (TPSA) is 95.6 Å². The van der Waals surface area contributed by atoms with E-state index in [0.717, 1.165) is 53.2 Å². The number of aromatic amines is 1. The van der Waals surface area contributed by atoms with Crippen LogP contribution in [0.5, 0.6) is 11.5 Å². The molecular weight excluding hydrogens is 408 g/mol. The summed E-state index contributed by atoms with van der Waals surface area (Å²) < 4.78 is 11.2. The summed E-state index contributed by atoms with van der Waals surface area (Å²) in [7, 11) is 7.18. The zero-order valence-electron chi connectivity index (χ0n) is 19.1. The minimum atomic E-state index is 0.115. The highest BCUT2D eigenvalue weighted by Crippen LogP contribution is 2.37. The number of hydrogen-bond donors (Lipinski definition) is 2. The van der Waals surface area contributed by atoms with Crippen LogP contribution in [0.25, 0.3) is 11.0 Å². The van der Waals surface area contributed by atoms with Gasteiger partial charge in [-0.15, -0.1) is 0 Å². The fraction of sp³-hybridized carbons (Fsp3) is 0.435. The molecule has 0 fully saturated rings. The van der Waals surface area contributed by atoms with Gasteiger partial charge < -0.3 is 29.6 Å². The van der Waals surface area contributed by atoms with Gasteiger partial charge in [0, 0.05) is 50.1 Å². The van der Waals surface area contributed by atoms with Gasteiger partial charge in [0.2, 0.25) is 5.91 Å². The van der Waals surface area contributed by atoms with Gasteiger partial charge in [0.25, 0.3) is 0 Å². The quantitative estimate of drug-likeness (QED) is 0.635. The van der Waals surface area contributed by atoms with Crippen molar-refractivity contribution in [2.45, 2.75) is 25.8 Å². The first-order valence-corrected chi connectivity index (χ1v) is 10.8. The number of fused-ring (bicyclic) bond motifs is 2. The Morgan fingerprint density at radius 1 is 1.03 bits per heavy atom. The molecule has 2 bridgehead atoms. The molecule has 1 aromatic carbocycles. The molecule has 9 heteroatoms. The van der Waals surface area contributed by atoms with E-state index in [0.29, 0.717) is 30.9 Å². The first-order chi connectivity index (χ1) is 15.5. The fourth-order valence-electron chi connectivity index (χ4n) is 4.19. The average Bonchev–Trinajstić information content (AvgIpc) is 3.19. The molecule has 0 spiro atoms. The van der Waals surface area contributed by atoms with Crippen molar-refractivity contribution in [3.63, 3.8) is 0 Å². The van der Waals surface area contributed by atoms with Gasteiger partial charge in [0.05, 0.1) is 19.6 Å². The summed E-state index contributed by atoms with van der Waals surface area (Å²) in [6.45, 7) is 2.34. The molecule has 0 atom stereocenters. The number of aromatic nitrogens is 3. The Morgan fingerprint density at radius 2 is 1.88 bits per heavy atom. The van der Waals surface area contributed by atoms with Crippen LogP contribution >= 0.6 is 0 Å². The lowest BCUT2D eigenvalue weighted by molar-refractivity contribution is -0.129. The van der Waals surface area contributed by atoms with E-state index in [9.17, 15) is 4.79 Å². The number of hydrogen-bond acceptors (Lipinski definition) is 7. The SMILES string of the molecule is COc1cc2cc(c1OC)CCC(=O)N(C)CCCN(C)Cc1c[nH]c3ncnc(c13)N2. The van der Waals surface area contributed by atoms with Crippen molar-refractivity contribution in [3.05, 3.63) is 35.8 Å². The molecule has 1 aliphatic heterocycles. The zero-order chi connectivity index (χ0) is 22.7. The van der Waals surface area contributed by atoms with Crippen LogP contribution in [-0.2, 0) is 17.8 Å². The molecule has 3 aromatic rings. The summed E-state index contributed by atoms with van der Waals surface area (Å²) in [5, 5.41) is 4.40. The Hall–Kier alpha value is -3.33. The molecule has 0 unspecified atom stereocenters. The molecule has 2 N–H and O–H groups in total. The van der Waals surface area contributed by atoms with E-state index < -0.39 is 0 Å². The van der Waals surface area contributed by atoms with Crippen molar-refractivity contribution in [1.29, 1.82) is 0 Å². The molecule has 170 valence electrons. The predicted octanol–water partition coefficient (Wildman–Crippen LogP) is 2.95. The maximum atomic E-state index is 12.7.